The maximum Gasteiger partial charge on any atom is 0.314 e. The molecule has 0 radical (unpaired) electrons. The van der Waals surface area contributed by atoms with Gasteiger partial charge in [0.25, 0.3) is 0 Å². The van der Waals surface area contributed by atoms with Gasteiger partial charge in [0, 0.05) is 24.8 Å². The molecule has 0 spiro atoms. The van der Waals surface area contributed by atoms with Gasteiger partial charge in [0.1, 0.15) is 0 Å². The van der Waals surface area contributed by atoms with Crippen LogP contribution in [0, 0.1) is 23.0 Å². The Balaban J connectivity index is 2.22. The fourth-order valence-corrected chi connectivity index (χ4v) is 2.75. The van der Waals surface area contributed by atoms with Crippen molar-refractivity contribution in [3.8, 4) is 0 Å². The number of hydrogen-bond donors (Lipinski definition) is 1. The smallest absolute Gasteiger partial charge is 0.314 e. The standard InChI is InChI=1S/C14H22N4O2/c1-3-17(10-12-5-4-7-15-9-12)14-13(18(19)20)11(2)6-8-16-14/h6,8,12,15H,3-5,7,9-10H2,1-2H3. The number of pyridine rings is 1. The van der Waals surface area contributed by atoms with E-state index in [1.165, 1.54) is 12.8 Å². The summed E-state index contributed by atoms with van der Waals surface area (Å²) in [6.07, 6.45) is 3.99. The van der Waals surface area contributed by atoms with E-state index in [9.17, 15) is 10.1 Å². The first-order valence-corrected chi connectivity index (χ1v) is 7.19. The number of nitrogens with one attached hydrogen (secondary N) is 1. The Morgan fingerprint density at radius 3 is 3.00 bits per heavy atom. The van der Waals surface area contributed by atoms with Gasteiger partial charge in [-0.15, -0.1) is 0 Å². The maximum atomic E-state index is 11.3. The minimum absolute atomic E-state index is 0.137. The van der Waals surface area contributed by atoms with Gasteiger partial charge in [0.2, 0.25) is 5.82 Å². The zero-order chi connectivity index (χ0) is 14.5. The van der Waals surface area contributed by atoms with E-state index in [0.29, 0.717) is 17.3 Å². The molecule has 6 heteroatoms. The fourth-order valence-electron chi connectivity index (χ4n) is 2.75. The summed E-state index contributed by atoms with van der Waals surface area (Å²) in [6, 6.07) is 1.69. The number of anilines is 1. The maximum absolute atomic E-state index is 11.3. The first-order chi connectivity index (χ1) is 9.63. The molecule has 1 aromatic rings. The summed E-state index contributed by atoms with van der Waals surface area (Å²) in [6.45, 7) is 7.39. The van der Waals surface area contributed by atoms with Crippen molar-refractivity contribution in [2.75, 3.05) is 31.1 Å². The predicted molar refractivity (Wildman–Crippen MR) is 79.1 cm³/mol. The molecule has 2 heterocycles. The molecule has 1 unspecified atom stereocenters. The third-order valence-electron chi connectivity index (χ3n) is 3.85. The van der Waals surface area contributed by atoms with Crippen molar-refractivity contribution in [2.24, 2.45) is 5.92 Å². The van der Waals surface area contributed by atoms with Crippen LogP contribution in [0.15, 0.2) is 12.3 Å². The van der Waals surface area contributed by atoms with Crippen LogP contribution in [0.4, 0.5) is 11.5 Å². The Morgan fingerprint density at radius 2 is 2.40 bits per heavy atom. The lowest BCUT2D eigenvalue weighted by molar-refractivity contribution is -0.384. The highest BCUT2D eigenvalue weighted by molar-refractivity contribution is 5.61. The highest BCUT2D eigenvalue weighted by Gasteiger charge is 2.25. The SMILES string of the molecule is CCN(CC1CCCNC1)c1nccc(C)c1[N+](=O)[O-]. The topological polar surface area (TPSA) is 71.3 Å². The largest absolute Gasteiger partial charge is 0.351 e. The van der Waals surface area contributed by atoms with E-state index >= 15 is 0 Å². The van der Waals surface area contributed by atoms with Crippen molar-refractivity contribution >= 4 is 11.5 Å². The van der Waals surface area contributed by atoms with E-state index < -0.39 is 0 Å². The number of aryl methyl sites for hydroxylation is 1. The Morgan fingerprint density at radius 1 is 1.60 bits per heavy atom. The van der Waals surface area contributed by atoms with E-state index in [0.717, 1.165) is 26.2 Å². The monoisotopic (exact) mass is 278 g/mol. The summed E-state index contributed by atoms with van der Waals surface area (Å²) in [4.78, 5) is 17.3. The second-order valence-electron chi connectivity index (χ2n) is 5.31. The normalized spacial score (nSPS) is 18.8. The molecule has 1 fully saturated rings. The number of aromatic nitrogens is 1. The van der Waals surface area contributed by atoms with Crippen LogP contribution in [0.3, 0.4) is 0 Å². The average molecular weight is 278 g/mol. The van der Waals surface area contributed by atoms with Crippen LogP contribution in [-0.4, -0.2) is 36.1 Å². The molecule has 6 nitrogen and oxygen atoms in total. The van der Waals surface area contributed by atoms with Gasteiger partial charge < -0.3 is 10.2 Å². The quantitative estimate of drug-likeness (QED) is 0.660. The van der Waals surface area contributed by atoms with E-state index in [1.54, 1.807) is 19.2 Å². The Bertz CT molecular complexity index is 472. The molecule has 1 aliphatic heterocycles. The van der Waals surface area contributed by atoms with Crippen LogP contribution < -0.4 is 10.2 Å². The zero-order valence-corrected chi connectivity index (χ0v) is 12.1. The molecule has 0 bridgehead atoms. The molecular formula is C14H22N4O2. The molecule has 1 aromatic heterocycles. The number of rotatable bonds is 5. The van der Waals surface area contributed by atoms with Crippen LogP contribution in [0.25, 0.3) is 0 Å². The van der Waals surface area contributed by atoms with Gasteiger partial charge in [0.05, 0.1) is 4.92 Å². The number of hydrogen-bond acceptors (Lipinski definition) is 5. The van der Waals surface area contributed by atoms with Crippen LogP contribution in [0.5, 0.6) is 0 Å². The van der Waals surface area contributed by atoms with Crippen molar-refractivity contribution in [3.05, 3.63) is 27.9 Å². The molecule has 1 atom stereocenters. The molecule has 0 amide bonds. The lowest BCUT2D eigenvalue weighted by Gasteiger charge is -2.30. The number of piperidine rings is 1. The van der Waals surface area contributed by atoms with Crippen molar-refractivity contribution < 1.29 is 4.92 Å². The molecule has 0 saturated carbocycles. The van der Waals surface area contributed by atoms with E-state index in [4.69, 9.17) is 0 Å². The van der Waals surface area contributed by atoms with Crippen molar-refractivity contribution in [3.63, 3.8) is 0 Å². The summed E-state index contributed by atoms with van der Waals surface area (Å²) in [5.74, 6) is 1.04. The summed E-state index contributed by atoms with van der Waals surface area (Å²) in [5.41, 5.74) is 0.804. The highest BCUT2D eigenvalue weighted by atomic mass is 16.6. The van der Waals surface area contributed by atoms with Gasteiger partial charge in [-0.05, 0) is 51.8 Å². The van der Waals surface area contributed by atoms with Crippen molar-refractivity contribution in [1.82, 2.24) is 10.3 Å². The first kappa shape index (κ1) is 14.7. The van der Waals surface area contributed by atoms with Gasteiger partial charge in [-0.3, -0.25) is 10.1 Å². The summed E-state index contributed by atoms with van der Waals surface area (Å²) in [7, 11) is 0. The van der Waals surface area contributed by atoms with Gasteiger partial charge in [0.15, 0.2) is 0 Å². The van der Waals surface area contributed by atoms with Crippen LogP contribution in [0.2, 0.25) is 0 Å². The summed E-state index contributed by atoms with van der Waals surface area (Å²) < 4.78 is 0. The van der Waals surface area contributed by atoms with E-state index in [2.05, 4.69) is 10.3 Å². The summed E-state index contributed by atoms with van der Waals surface area (Å²) >= 11 is 0. The minimum Gasteiger partial charge on any atom is -0.351 e. The van der Waals surface area contributed by atoms with Gasteiger partial charge in [-0.25, -0.2) is 4.98 Å². The lowest BCUT2D eigenvalue weighted by atomic mass is 9.99. The Hall–Kier alpha value is -1.69. The minimum atomic E-state index is -0.320. The van der Waals surface area contributed by atoms with Gasteiger partial charge in [-0.1, -0.05) is 0 Å². The van der Waals surface area contributed by atoms with Crippen LogP contribution in [0.1, 0.15) is 25.3 Å². The first-order valence-electron chi connectivity index (χ1n) is 7.19. The van der Waals surface area contributed by atoms with E-state index in [1.807, 2.05) is 11.8 Å². The zero-order valence-electron chi connectivity index (χ0n) is 12.1. The highest BCUT2D eigenvalue weighted by Crippen LogP contribution is 2.29. The van der Waals surface area contributed by atoms with Crippen molar-refractivity contribution in [2.45, 2.75) is 26.7 Å². The van der Waals surface area contributed by atoms with Gasteiger partial charge >= 0.3 is 5.69 Å². The molecule has 1 aliphatic rings. The molecule has 20 heavy (non-hydrogen) atoms. The third-order valence-corrected chi connectivity index (χ3v) is 3.85. The van der Waals surface area contributed by atoms with Crippen molar-refractivity contribution in [1.29, 1.82) is 0 Å². The second-order valence-corrected chi connectivity index (χ2v) is 5.31. The Kier molecular flexibility index (Phi) is 4.89. The Labute approximate surface area is 119 Å². The predicted octanol–water partition coefficient (Wildman–Crippen LogP) is 2.12. The lowest BCUT2D eigenvalue weighted by Crippen LogP contribution is -2.38. The number of nitro groups is 1. The van der Waals surface area contributed by atoms with E-state index in [-0.39, 0.29) is 10.6 Å². The molecule has 0 aromatic carbocycles. The molecular weight excluding hydrogens is 256 g/mol. The van der Waals surface area contributed by atoms with Crippen LogP contribution in [-0.2, 0) is 0 Å². The van der Waals surface area contributed by atoms with Gasteiger partial charge in [-0.2, -0.15) is 0 Å². The molecule has 1 saturated heterocycles. The molecule has 1 N–H and O–H groups in total. The molecule has 110 valence electrons. The molecule has 2 rings (SSSR count). The average Bonchev–Trinajstić information content (AvgIpc) is 2.45. The number of nitrogens with zero attached hydrogens (tertiary/aromatic N) is 3. The summed E-state index contributed by atoms with van der Waals surface area (Å²) in [5, 5.41) is 14.7. The second kappa shape index (κ2) is 6.65. The van der Waals surface area contributed by atoms with Crippen LogP contribution >= 0.6 is 0 Å². The fraction of sp³-hybridized carbons (Fsp3) is 0.643. The molecule has 0 aliphatic carbocycles. The third kappa shape index (κ3) is 3.25.